The molecule has 0 aromatic heterocycles. The van der Waals surface area contributed by atoms with E-state index in [1.165, 1.54) is 25.1 Å². The second kappa shape index (κ2) is 6.79. The van der Waals surface area contributed by atoms with Gasteiger partial charge in [-0.05, 0) is 36.2 Å². The van der Waals surface area contributed by atoms with Crippen LogP contribution in [0, 0.1) is 5.82 Å². The largest absolute Gasteiger partial charge is 0.367 e. The third-order valence-electron chi connectivity index (χ3n) is 3.59. The molecular formula is C17H16ClFN2O2. The number of hydrogen-bond donors (Lipinski definition) is 2. The van der Waals surface area contributed by atoms with Crippen LogP contribution in [0.4, 0.5) is 4.39 Å². The Morgan fingerprint density at radius 2 is 1.91 bits per heavy atom. The van der Waals surface area contributed by atoms with Crippen LogP contribution < -0.4 is 11.1 Å². The molecule has 1 atom stereocenters. The first kappa shape index (κ1) is 17.0. The number of amides is 2. The summed E-state index contributed by atoms with van der Waals surface area (Å²) in [4.78, 5) is 24.1. The summed E-state index contributed by atoms with van der Waals surface area (Å²) in [5, 5.41) is 2.99. The maximum atomic E-state index is 13.6. The minimum absolute atomic E-state index is 0.198. The molecule has 0 aliphatic rings. The number of benzene rings is 2. The zero-order valence-corrected chi connectivity index (χ0v) is 13.2. The lowest BCUT2D eigenvalue weighted by Crippen LogP contribution is -2.53. The van der Waals surface area contributed by atoms with Gasteiger partial charge in [-0.2, -0.15) is 0 Å². The molecule has 4 nitrogen and oxygen atoms in total. The van der Waals surface area contributed by atoms with Crippen molar-refractivity contribution in [3.05, 3.63) is 70.5 Å². The molecule has 0 saturated carbocycles. The average molecular weight is 335 g/mol. The van der Waals surface area contributed by atoms with Gasteiger partial charge < -0.3 is 11.1 Å². The van der Waals surface area contributed by atoms with Crippen LogP contribution in [0.15, 0.2) is 48.5 Å². The highest BCUT2D eigenvalue weighted by atomic mass is 35.5. The molecule has 0 radical (unpaired) electrons. The highest BCUT2D eigenvalue weighted by molar-refractivity contribution is 6.30. The first-order valence-corrected chi connectivity index (χ1v) is 7.31. The van der Waals surface area contributed by atoms with Gasteiger partial charge in [0, 0.05) is 5.02 Å². The number of nitrogens with one attached hydrogen (secondary N) is 1. The molecule has 2 aromatic rings. The number of primary amides is 1. The van der Waals surface area contributed by atoms with Crippen LogP contribution in [-0.4, -0.2) is 11.8 Å². The minimum atomic E-state index is -1.44. The predicted octanol–water partition coefficient (Wildman–Crippen LogP) is 2.54. The van der Waals surface area contributed by atoms with Crippen molar-refractivity contribution < 1.29 is 14.0 Å². The van der Waals surface area contributed by atoms with Crippen LogP contribution in [0.25, 0.3) is 0 Å². The van der Waals surface area contributed by atoms with Gasteiger partial charge in [-0.15, -0.1) is 0 Å². The monoisotopic (exact) mass is 334 g/mol. The molecule has 120 valence electrons. The fourth-order valence-electron chi connectivity index (χ4n) is 2.21. The van der Waals surface area contributed by atoms with Crippen molar-refractivity contribution in [2.45, 2.75) is 18.9 Å². The van der Waals surface area contributed by atoms with E-state index in [-0.39, 0.29) is 12.0 Å². The van der Waals surface area contributed by atoms with E-state index in [1.54, 1.807) is 30.3 Å². The summed E-state index contributed by atoms with van der Waals surface area (Å²) in [6.07, 6.45) is -0.198. The zero-order chi connectivity index (χ0) is 17.0. The molecule has 0 spiro atoms. The van der Waals surface area contributed by atoms with E-state index >= 15 is 0 Å². The summed E-state index contributed by atoms with van der Waals surface area (Å²) in [5.41, 5.74) is 4.71. The van der Waals surface area contributed by atoms with Crippen LogP contribution in [-0.2, 0) is 21.5 Å². The smallest absolute Gasteiger partial charge is 0.247 e. The van der Waals surface area contributed by atoms with Gasteiger partial charge in [-0.3, -0.25) is 9.59 Å². The molecule has 0 unspecified atom stereocenters. The quantitative estimate of drug-likeness (QED) is 0.882. The highest BCUT2D eigenvalue weighted by Gasteiger charge is 2.35. The molecule has 0 fully saturated rings. The molecule has 2 rings (SSSR count). The van der Waals surface area contributed by atoms with Crippen LogP contribution in [0.1, 0.15) is 18.1 Å². The zero-order valence-electron chi connectivity index (χ0n) is 12.5. The van der Waals surface area contributed by atoms with E-state index in [1.807, 2.05) is 0 Å². The Morgan fingerprint density at radius 1 is 1.22 bits per heavy atom. The molecule has 2 amide bonds. The van der Waals surface area contributed by atoms with Crippen LogP contribution in [0.2, 0.25) is 5.02 Å². The lowest BCUT2D eigenvalue weighted by Gasteiger charge is -2.28. The number of carbonyl (C=O) groups is 2. The third kappa shape index (κ3) is 3.87. The summed E-state index contributed by atoms with van der Waals surface area (Å²) in [5.74, 6) is -1.73. The minimum Gasteiger partial charge on any atom is -0.367 e. The van der Waals surface area contributed by atoms with Gasteiger partial charge in [0.05, 0.1) is 6.42 Å². The lowest BCUT2D eigenvalue weighted by molar-refractivity contribution is -0.131. The Bertz CT molecular complexity index is 751. The van der Waals surface area contributed by atoms with Gasteiger partial charge in [0.2, 0.25) is 11.8 Å². The van der Waals surface area contributed by atoms with Gasteiger partial charge in [-0.1, -0.05) is 41.9 Å². The van der Waals surface area contributed by atoms with Gasteiger partial charge in [0.25, 0.3) is 0 Å². The first-order chi connectivity index (χ1) is 10.8. The van der Waals surface area contributed by atoms with Crippen molar-refractivity contribution in [3.8, 4) is 0 Å². The average Bonchev–Trinajstić information content (AvgIpc) is 2.49. The maximum absolute atomic E-state index is 13.6. The predicted molar refractivity (Wildman–Crippen MR) is 86.2 cm³/mol. The summed E-state index contributed by atoms with van der Waals surface area (Å²) in [7, 11) is 0. The molecule has 0 aliphatic carbocycles. The van der Waals surface area contributed by atoms with Crippen LogP contribution >= 0.6 is 11.6 Å². The molecule has 3 N–H and O–H groups in total. The molecule has 23 heavy (non-hydrogen) atoms. The van der Waals surface area contributed by atoms with Gasteiger partial charge in [-0.25, -0.2) is 4.39 Å². The molecular weight excluding hydrogens is 319 g/mol. The Labute approximate surface area is 138 Å². The number of halogens is 2. The fraction of sp³-hybridized carbons (Fsp3) is 0.176. The third-order valence-corrected chi connectivity index (χ3v) is 3.83. The number of nitrogens with two attached hydrogens (primary N) is 1. The second-order valence-corrected chi connectivity index (χ2v) is 5.75. The molecule has 0 saturated heterocycles. The van der Waals surface area contributed by atoms with Crippen molar-refractivity contribution in [2.75, 3.05) is 0 Å². The van der Waals surface area contributed by atoms with Crippen molar-refractivity contribution in [1.82, 2.24) is 5.32 Å². The number of rotatable bonds is 5. The Balaban J connectivity index is 2.24. The fourth-order valence-corrected chi connectivity index (χ4v) is 2.40. The van der Waals surface area contributed by atoms with Gasteiger partial charge in [0.1, 0.15) is 11.4 Å². The summed E-state index contributed by atoms with van der Waals surface area (Å²) < 4.78 is 13.6. The Kier molecular flexibility index (Phi) is 5.01. The van der Waals surface area contributed by atoms with Crippen molar-refractivity contribution in [1.29, 1.82) is 0 Å². The lowest BCUT2D eigenvalue weighted by atomic mass is 9.90. The molecule has 0 bridgehead atoms. The number of carbonyl (C=O) groups excluding carboxylic acids is 2. The number of hydrogen-bond acceptors (Lipinski definition) is 2. The van der Waals surface area contributed by atoms with E-state index in [9.17, 15) is 14.0 Å². The standard InChI is InChI=1S/C17H16ClFN2O2/c1-17(16(20)23,12-6-4-7-13(18)10-12)21-15(22)9-11-5-2-3-8-14(11)19/h2-8,10H,9H2,1H3,(H2,20,23)(H,21,22)/t17-/m0/s1. The Hall–Kier alpha value is -2.40. The normalized spacial score (nSPS) is 13.2. The van der Waals surface area contributed by atoms with Gasteiger partial charge in [0.15, 0.2) is 0 Å². The molecule has 2 aromatic carbocycles. The van der Waals surface area contributed by atoms with Crippen molar-refractivity contribution in [2.24, 2.45) is 5.73 Å². The molecule has 0 heterocycles. The highest BCUT2D eigenvalue weighted by Crippen LogP contribution is 2.24. The summed E-state index contributed by atoms with van der Waals surface area (Å²) in [6.45, 7) is 1.49. The first-order valence-electron chi connectivity index (χ1n) is 6.93. The summed E-state index contributed by atoms with van der Waals surface area (Å²) >= 11 is 5.93. The van der Waals surface area contributed by atoms with Gasteiger partial charge >= 0.3 is 0 Å². The topological polar surface area (TPSA) is 72.2 Å². The van der Waals surface area contributed by atoms with E-state index < -0.39 is 23.2 Å². The molecule has 0 aliphatic heterocycles. The summed E-state index contributed by atoms with van der Waals surface area (Å²) in [6, 6.07) is 12.4. The maximum Gasteiger partial charge on any atom is 0.247 e. The van der Waals surface area contributed by atoms with Crippen LogP contribution in [0.3, 0.4) is 0 Å². The van der Waals surface area contributed by atoms with E-state index in [0.29, 0.717) is 10.6 Å². The van der Waals surface area contributed by atoms with E-state index in [2.05, 4.69) is 5.32 Å². The van der Waals surface area contributed by atoms with E-state index in [4.69, 9.17) is 17.3 Å². The Morgan fingerprint density at radius 3 is 2.52 bits per heavy atom. The SMILES string of the molecule is C[C@@](NC(=O)Cc1ccccc1F)(C(N)=O)c1cccc(Cl)c1. The van der Waals surface area contributed by atoms with Crippen molar-refractivity contribution >= 4 is 23.4 Å². The van der Waals surface area contributed by atoms with Crippen LogP contribution in [0.5, 0.6) is 0 Å². The second-order valence-electron chi connectivity index (χ2n) is 5.32. The molecule has 6 heteroatoms. The van der Waals surface area contributed by atoms with Crippen molar-refractivity contribution in [3.63, 3.8) is 0 Å². The van der Waals surface area contributed by atoms with E-state index in [0.717, 1.165) is 0 Å².